The zero-order chi connectivity index (χ0) is 22.7. The number of nitrogens with one attached hydrogen (secondary N) is 1. The highest BCUT2D eigenvalue weighted by atomic mass is 79.9. The molecule has 0 unspecified atom stereocenters. The van der Waals surface area contributed by atoms with Crippen LogP contribution in [0.2, 0.25) is 5.28 Å². The number of nitrogens with zero attached hydrogens (tertiary/aromatic N) is 2. The van der Waals surface area contributed by atoms with Crippen LogP contribution in [0.3, 0.4) is 0 Å². The number of allylic oxidation sites excluding steroid dienone is 1. The van der Waals surface area contributed by atoms with Crippen LogP contribution < -0.4 is 11.1 Å². The average molecular weight is 462 g/mol. The smallest absolute Gasteiger partial charge is 0.225 e. The van der Waals surface area contributed by atoms with Gasteiger partial charge in [-0.3, -0.25) is 0 Å². The molecule has 8 heteroatoms. The van der Waals surface area contributed by atoms with Crippen molar-refractivity contribution in [3.05, 3.63) is 49.1 Å². The van der Waals surface area contributed by atoms with Crippen LogP contribution in [0.25, 0.3) is 10.2 Å². The van der Waals surface area contributed by atoms with E-state index >= 15 is 0 Å². The van der Waals surface area contributed by atoms with Crippen LogP contribution in [0.1, 0.15) is 36.6 Å². The molecule has 3 aromatic rings. The van der Waals surface area contributed by atoms with Gasteiger partial charge in [-0.05, 0) is 51.7 Å². The Morgan fingerprint density at radius 2 is 2.28 bits per heavy atom. The first-order chi connectivity index (χ1) is 14.5. The highest BCUT2D eigenvalue weighted by Gasteiger charge is 2.27. The van der Waals surface area contributed by atoms with Gasteiger partial charge in [0.25, 0.3) is 0 Å². The largest absolute Gasteiger partial charge is 0.364 e. The molecule has 1 aliphatic rings. The monoisotopic (exact) mass is 460 g/mol. The van der Waals surface area contributed by atoms with Crippen molar-refractivity contribution in [3.8, 4) is 0 Å². The second kappa shape index (κ2) is 7.32. The number of nitrogens with two attached hydrogens (primary N) is 1. The molecule has 0 aromatic carbocycles. The molecule has 0 amide bonds. The molecule has 0 fully saturated rings. The fraction of sp³-hybridized carbons (Fsp3) is 0.294. The molecule has 4 nitrogen and oxygen atoms in total. The average Bonchev–Trinajstić information content (AvgIpc) is 3.33. The van der Waals surface area contributed by atoms with Crippen LogP contribution in [0.15, 0.2) is 34.1 Å². The lowest BCUT2D eigenvalue weighted by Gasteiger charge is -2.24. The molecular formula is C17H16BrClN4S2. The molecule has 3 N–H and O–H groups in total. The second-order valence-corrected chi connectivity index (χ2v) is 8.49. The topological polar surface area (TPSA) is 63.8 Å². The Kier molecular flexibility index (Phi) is 3.42. The number of halogens is 2. The zero-order valence-electron chi connectivity index (χ0n) is 18.6. The standard InChI is InChI=1S/C17H16BrClN4S2/c18-12-13-15(25-14(12)10-5-1-2-6-11(10)20)16(23-17(19)22-13)21-8-9-4-3-7-24-9/h1-4,7,10-11H,5-6,8,20H2,(H,21,22,23)/t10-,11-/m0/s1/i1D,2D,5D2,6D2. The first-order valence-electron chi connectivity index (χ1n) is 10.3. The molecule has 130 valence electrons. The highest BCUT2D eigenvalue weighted by Crippen LogP contribution is 2.45. The summed E-state index contributed by atoms with van der Waals surface area (Å²) in [6.07, 6.45) is -4.69. The lowest BCUT2D eigenvalue weighted by molar-refractivity contribution is 0.527. The number of aromatic nitrogens is 2. The maximum atomic E-state index is 8.47. The van der Waals surface area contributed by atoms with Gasteiger partial charge in [-0.1, -0.05) is 18.2 Å². The summed E-state index contributed by atoms with van der Waals surface area (Å²) in [7, 11) is 0. The summed E-state index contributed by atoms with van der Waals surface area (Å²) in [5.41, 5.74) is 6.60. The van der Waals surface area contributed by atoms with E-state index in [1.807, 2.05) is 17.5 Å². The van der Waals surface area contributed by atoms with Crippen molar-refractivity contribution < 1.29 is 8.22 Å². The van der Waals surface area contributed by atoms with Crippen LogP contribution in [0.4, 0.5) is 5.82 Å². The molecule has 3 heterocycles. The Hall–Kier alpha value is -0.990. The van der Waals surface area contributed by atoms with Crippen LogP contribution in [0.5, 0.6) is 0 Å². The lowest BCUT2D eigenvalue weighted by Crippen LogP contribution is -2.29. The second-order valence-electron chi connectivity index (χ2n) is 5.27. The van der Waals surface area contributed by atoms with E-state index in [9.17, 15) is 0 Å². The van der Waals surface area contributed by atoms with Crippen LogP contribution >= 0.6 is 50.2 Å². The van der Waals surface area contributed by atoms with Crippen molar-refractivity contribution in [3.63, 3.8) is 0 Å². The number of rotatable bonds is 4. The van der Waals surface area contributed by atoms with E-state index < -0.39 is 36.8 Å². The third kappa shape index (κ3) is 3.48. The van der Waals surface area contributed by atoms with E-state index in [0.717, 1.165) is 4.88 Å². The Morgan fingerprint density at radius 3 is 3.08 bits per heavy atom. The molecule has 4 rings (SSSR count). The predicted molar refractivity (Wildman–Crippen MR) is 111 cm³/mol. The molecule has 0 aliphatic heterocycles. The van der Waals surface area contributed by atoms with Gasteiger partial charge in [0.15, 0.2) is 0 Å². The van der Waals surface area contributed by atoms with E-state index in [4.69, 9.17) is 25.6 Å². The fourth-order valence-corrected chi connectivity index (χ4v) is 5.40. The summed E-state index contributed by atoms with van der Waals surface area (Å²) in [4.78, 5) is 10.0. The number of fused-ring (bicyclic) bond motifs is 1. The summed E-state index contributed by atoms with van der Waals surface area (Å²) >= 11 is 12.3. The number of anilines is 1. The summed E-state index contributed by atoms with van der Waals surface area (Å²) in [5.74, 6) is -0.738. The first kappa shape index (κ1) is 11.7. The molecule has 2 atom stereocenters. The maximum absolute atomic E-state index is 8.47. The first-order valence-corrected chi connectivity index (χ1v) is 10.2. The number of thiophene rings is 2. The third-order valence-corrected chi connectivity index (χ3v) is 7.03. The van der Waals surface area contributed by atoms with Crippen molar-refractivity contribution >= 4 is 66.2 Å². The fourth-order valence-electron chi connectivity index (χ4n) is 2.48. The minimum absolute atomic E-state index is 0.00651. The van der Waals surface area contributed by atoms with Crippen molar-refractivity contribution in [1.29, 1.82) is 0 Å². The van der Waals surface area contributed by atoms with E-state index in [-0.39, 0.29) is 5.28 Å². The van der Waals surface area contributed by atoms with Crippen molar-refractivity contribution in [2.24, 2.45) is 5.73 Å². The van der Waals surface area contributed by atoms with Crippen molar-refractivity contribution in [2.75, 3.05) is 5.32 Å². The zero-order valence-corrected chi connectivity index (χ0v) is 16.6. The van der Waals surface area contributed by atoms with Gasteiger partial charge in [0.05, 0.1) is 18.5 Å². The Labute approximate surface area is 175 Å². The molecule has 0 saturated heterocycles. The Bertz CT molecular complexity index is 1180. The Morgan fingerprint density at radius 1 is 1.44 bits per heavy atom. The minimum atomic E-state index is -2.35. The lowest BCUT2D eigenvalue weighted by atomic mass is 9.88. The summed E-state index contributed by atoms with van der Waals surface area (Å²) in [6.45, 7) is 0.513. The molecule has 3 aromatic heterocycles. The minimum Gasteiger partial charge on any atom is -0.364 e. The van der Waals surface area contributed by atoms with Gasteiger partial charge in [-0.15, -0.1) is 22.7 Å². The van der Waals surface area contributed by atoms with Gasteiger partial charge in [-0.2, -0.15) is 4.98 Å². The molecule has 0 saturated carbocycles. The van der Waals surface area contributed by atoms with Crippen molar-refractivity contribution in [1.82, 2.24) is 9.97 Å². The Balaban J connectivity index is 1.85. The van der Waals surface area contributed by atoms with Gasteiger partial charge in [0.1, 0.15) is 11.3 Å². The SMILES string of the molecule is [2H]C1=C([2H])C([2H])([2H])[C@H](c2sc3c(NCc4cccs4)nc(Cl)nc3c2Br)[C@@H](N)C1([2H])[2H]. The number of hydrogen-bond acceptors (Lipinski definition) is 6. The maximum Gasteiger partial charge on any atom is 0.225 e. The van der Waals surface area contributed by atoms with Crippen molar-refractivity contribution in [2.45, 2.75) is 31.3 Å². The van der Waals surface area contributed by atoms with Gasteiger partial charge in [0, 0.05) is 27.2 Å². The van der Waals surface area contributed by atoms with Crippen LogP contribution in [-0.2, 0) is 6.54 Å². The molecule has 0 bridgehead atoms. The summed E-state index contributed by atoms with van der Waals surface area (Å²) in [6, 6.07) is 1.09. The quantitative estimate of drug-likeness (QED) is 0.395. The highest BCUT2D eigenvalue weighted by molar-refractivity contribution is 9.10. The van der Waals surface area contributed by atoms with Gasteiger partial charge in [-0.25, -0.2) is 4.98 Å². The molecule has 0 radical (unpaired) electrons. The summed E-state index contributed by atoms with van der Waals surface area (Å²) < 4.78 is 50.3. The number of hydrogen-bond donors (Lipinski definition) is 2. The normalized spacial score (nSPS) is 28.6. The third-order valence-electron chi connectivity index (χ3n) is 3.66. The van der Waals surface area contributed by atoms with Gasteiger partial charge >= 0.3 is 0 Å². The van der Waals surface area contributed by atoms with Gasteiger partial charge < -0.3 is 11.1 Å². The molecule has 25 heavy (non-hydrogen) atoms. The van der Waals surface area contributed by atoms with E-state index in [0.29, 0.717) is 31.9 Å². The summed E-state index contributed by atoms with van der Waals surface area (Å²) in [5, 5.41) is 5.20. The molecule has 0 spiro atoms. The van der Waals surface area contributed by atoms with Crippen LogP contribution in [0, 0.1) is 0 Å². The molecule has 1 aliphatic carbocycles. The van der Waals surface area contributed by atoms with Gasteiger partial charge in [0.2, 0.25) is 5.28 Å². The van der Waals surface area contributed by atoms with E-state index in [1.54, 1.807) is 11.3 Å². The molecular weight excluding hydrogens is 440 g/mol. The van der Waals surface area contributed by atoms with Crippen LogP contribution in [-0.4, -0.2) is 16.0 Å². The van der Waals surface area contributed by atoms with E-state index in [1.165, 1.54) is 11.3 Å². The predicted octanol–water partition coefficient (Wildman–Crippen LogP) is 5.54. The van der Waals surface area contributed by atoms with E-state index in [2.05, 4.69) is 31.2 Å².